The number of halogens is 1. The van der Waals surface area contributed by atoms with Gasteiger partial charge >= 0.3 is 5.97 Å². The van der Waals surface area contributed by atoms with Crippen molar-refractivity contribution in [2.45, 2.75) is 5.41 Å². The number of ketones is 2. The first kappa shape index (κ1) is 22.6. The lowest BCUT2D eigenvalue weighted by Crippen LogP contribution is -3.00. The molecule has 0 bridgehead atoms. The van der Waals surface area contributed by atoms with Gasteiger partial charge in [-0.05, 0) is 17.7 Å². The number of quaternary nitrogens is 1. The number of hydrogen-bond donors (Lipinski definition) is 0. The number of benzene rings is 2. The number of rotatable bonds is 6. The van der Waals surface area contributed by atoms with Crippen LogP contribution in [0.25, 0.3) is 0 Å². The van der Waals surface area contributed by atoms with E-state index in [2.05, 4.69) is 0 Å². The summed E-state index contributed by atoms with van der Waals surface area (Å²) in [6.45, 7) is -0.196. The summed E-state index contributed by atoms with van der Waals surface area (Å²) < 4.78 is 11.0. The van der Waals surface area contributed by atoms with Crippen LogP contribution in [-0.2, 0) is 14.9 Å². The van der Waals surface area contributed by atoms with Crippen LogP contribution in [0.5, 0.6) is 5.75 Å². The number of nitrogens with zero attached hydrogens (tertiary/aromatic N) is 1. The van der Waals surface area contributed by atoms with E-state index in [1.54, 1.807) is 55.6 Å². The molecule has 0 fully saturated rings. The minimum atomic E-state index is -1.57. The normalized spacial score (nSPS) is 14.8. The van der Waals surface area contributed by atoms with Gasteiger partial charge in [0.15, 0.2) is 23.5 Å². The Labute approximate surface area is 176 Å². The first-order valence-corrected chi connectivity index (χ1v) is 8.98. The molecule has 0 spiro atoms. The molecule has 0 amide bonds. The largest absolute Gasteiger partial charge is 1.00 e. The van der Waals surface area contributed by atoms with Crippen LogP contribution in [0.1, 0.15) is 26.3 Å². The third kappa shape index (κ3) is 4.18. The van der Waals surface area contributed by atoms with E-state index in [4.69, 9.17) is 9.47 Å². The second kappa shape index (κ2) is 8.35. The fourth-order valence-corrected chi connectivity index (χ4v) is 3.42. The van der Waals surface area contributed by atoms with Gasteiger partial charge in [-0.25, -0.2) is 4.79 Å². The van der Waals surface area contributed by atoms with Gasteiger partial charge in [0.1, 0.15) is 12.4 Å². The first-order valence-electron chi connectivity index (χ1n) is 8.98. The highest BCUT2D eigenvalue weighted by Gasteiger charge is 2.55. The zero-order valence-electron chi connectivity index (χ0n) is 16.9. The van der Waals surface area contributed by atoms with Crippen LogP contribution < -0.4 is 17.1 Å². The van der Waals surface area contributed by atoms with Gasteiger partial charge in [0.2, 0.25) is 0 Å². The maximum atomic E-state index is 13.3. The van der Waals surface area contributed by atoms with Crippen molar-refractivity contribution < 1.29 is 40.7 Å². The summed E-state index contributed by atoms with van der Waals surface area (Å²) in [7, 11) is 7.13. The van der Waals surface area contributed by atoms with Gasteiger partial charge in [-0.2, -0.15) is 0 Å². The SMILES string of the molecule is COc1ccc(C2(COC(=O)C[N+](C)(C)C)C(=O)c3ccccc3C2=O)cc1.[Cl-]. The van der Waals surface area contributed by atoms with Crippen LogP contribution in [0.15, 0.2) is 48.5 Å². The molecule has 0 saturated heterocycles. The summed E-state index contributed by atoms with van der Waals surface area (Å²) in [5, 5.41) is 0. The number of methoxy groups -OCH3 is 1. The van der Waals surface area contributed by atoms with Crippen molar-refractivity contribution >= 4 is 17.5 Å². The number of fused-ring (bicyclic) bond motifs is 1. The van der Waals surface area contributed by atoms with E-state index in [-0.39, 0.29) is 37.1 Å². The summed E-state index contributed by atoms with van der Waals surface area (Å²) in [4.78, 5) is 39.0. The molecule has 7 heteroatoms. The molecule has 0 aliphatic heterocycles. The molecule has 2 aromatic rings. The molecule has 0 radical (unpaired) electrons. The van der Waals surface area contributed by atoms with Gasteiger partial charge < -0.3 is 26.4 Å². The molecule has 0 N–H and O–H groups in total. The number of Topliss-reactive ketones (excluding diaryl/α,β-unsaturated/α-hetero) is 2. The lowest BCUT2D eigenvalue weighted by atomic mass is 9.76. The minimum absolute atomic E-state index is 0. The third-order valence-electron chi connectivity index (χ3n) is 4.83. The van der Waals surface area contributed by atoms with E-state index in [0.29, 0.717) is 26.9 Å². The number of likely N-dealkylation sites (N-methyl/N-ethyl adjacent to an activating group) is 1. The van der Waals surface area contributed by atoms with E-state index in [9.17, 15) is 14.4 Å². The van der Waals surface area contributed by atoms with Crippen LogP contribution in [0.3, 0.4) is 0 Å². The van der Waals surface area contributed by atoms with Crippen LogP contribution in [0.2, 0.25) is 0 Å². The van der Waals surface area contributed by atoms with Crippen LogP contribution >= 0.6 is 0 Å². The highest BCUT2D eigenvalue weighted by atomic mass is 35.5. The van der Waals surface area contributed by atoms with Gasteiger partial charge in [-0.15, -0.1) is 0 Å². The number of ether oxygens (including phenoxy) is 2. The zero-order chi connectivity index (χ0) is 20.5. The van der Waals surface area contributed by atoms with E-state index < -0.39 is 11.4 Å². The number of hydrogen-bond acceptors (Lipinski definition) is 5. The number of carbonyl (C=O) groups is 3. The molecule has 3 rings (SSSR count). The average molecular weight is 418 g/mol. The Morgan fingerprint density at radius 1 is 0.931 bits per heavy atom. The van der Waals surface area contributed by atoms with Crippen molar-refractivity contribution in [1.29, 1.82) is 0 Å². The highest BCUT2D eigenvalue weighted by Crippen LogP contribution is 2.40. The number of esters is 1. The number of carbonyl (C=O) groups excluding carboxylic acids is 3. The molecule has 0 aromatic heterocycles. The molecule has 1 aliphatic rings. The predicted octanol–water partition coefficient (Wildman–Crippen LogP) is -0.734. The molecule has 6 nitrogen and oxygen atoms in total. The molecule has 0 saturated carbocycles. The fourth-order valence-electron chi connectivity index (χ4n) is 3.42. The van der Waals surface area contributed by atoms with Gasteiger partial charge in [0.25, 0.3) is 0 Å². The molecular weight excluding hydrogens is 394 g/mol. The molecule has 2 aromatic carbocycles. The zero-order valence-corrected chi connectivity index (χ0v) is 17.7. The Morgan fingerprint density at radius 3 is 1.90 bits per heavy atom. The van der Waals surface area contributed by atoms with Crippen molar-refractivity contribution in [3.8, 4) is 5.75 Å². The molecule has 1 aliphatic carbocycles. The van der Waals surface area contributed by atoms with Gasteiger partial charge in [0, 0.05) is 11.1 Å². The lowest BCUT2D eigenvalue weighted by molar-refractivity contribution is -0.862. The van der Waals surface area contributed by atoms with Crippen molar-refractivity contribution in [3.63, 3.8) is 0 Å². The Morgan fingerprint density at radius 2 is 1.45 bits per heavy atom. The highest BCUT2D eigenvalue weighted by molar-refractivity contribution is 6.33. The summed E-state index contributed by atoms with van der Waals surface area (Å²) in [5.41, 5.74) is -0.384. The monoisotopic (exact) mass is 417 g/mol. The summed E-state index contributed by atoms with van der Waals surface area (Å²) in [6.07, 6.45) is 0. The Kier molecular flexibility index (Phi) is 6.50. The molecule has 0 atom stereocenters. The second-order valence-electron chi connectivity index (χ2n) is 7.95. The standard InChI is InChI=1S/C22H24NO5.ClH/c1-23(2,3)13-19(24)28-14-22(15-9-11-16(27-4)12-10-15)20(25)17-7-5-6-8-18(17)21(22)26;/h5-12H,13-14H2,1-4H3;1H/q+1;/p-1. The van der Waals surface area contributed by atoms with E-state index in [1.807, 2.05) is 21.1 Å². The maximum absolute atomic E-state index is 13.3. The second-order valence-corrected chi connectivity index (χ2v) is 7.95. The van der Waals surface area contributed by atoms with Crippen molar-refractivity contribution in [2.24, 2.45) is 0 Å². The molecule has 0 unspecified atom stereocenters. The summed E-state index contributed by atoms with van der Waals surface area (Å²) in [6, 6.07) is 13.4. The Bertz CT molecular complexity index is 896. The topological polar surface area (TPSA) is 69.7 Å². The van der Waals surface area contributed by atoms with E-state index in [0.717, 1.165) is 0 Å². The van der Waals surface area contributed by atoms with Gasteiger partial charge in [-0.3, -0.25) is 9.59 Å². The summed E-state index contributed by atoms with van der Waals surface area (Å²) >= 11 is 0. The predicted molar refractivity (Wildman–Crippen MR) is 104 cm³/mol. The first-order chi connectivity index (χ1) is 13.2. The fraction of sp³-hybridized carbons (Fsp3) is 0.318. The smallest absolute Gasteiger partial charge is 0.361 e. The van der Waals surface area contributed by atoms with Crippen LogP contribution in [-0.4, -0.2) is 63.4 Å². The average Bonchev–Trinajstić information content (AvgIpc) is 2.88. The van der Waals surface area contributed by atoms with E-state index in [1.165, 1.54) is 0 Å². The third-order valence-corrected chi connectivity index (χ3v) is 4.83. The van der Waals surface area contributed by atoms with Crippen molar-refractivity contribution in [1.82, 2.24) is 0 Å². The molecule has 0 heterocycles. The maximum Gasteiger partial charge on any atom is 0.361 e. The van der Waals surface area contributed by atoms with Crippen molar-refractivity contribution in [2.75, 3.05) is 41.4 Å². The Hall–Kier alpha value is -2.70. The lowest BCUT2D eigenvalue weighted by Gasteiger charge is -2.27. The Balaban J connectivity index is 0.00000300. The quantitative estimate of drug-likeness (QED) is 0.352. The van der Waals surface area contributed by atoms with Crippen molar-refractivity contribution in [3.05, 3.63) is 65.2 Å². The minimum Gasteiger partial charge on any atom is -1.00 e. The van der Waals surface area contributed by atoms with E-state index >= 15 is 0 Å². The van der Waals surface area contributed by atoms with Crippen LogP contribution in [0, 0.1) is 0 Å². The molecule has 29 heavy (non-hydrogen) atoms. The van der Waals surface area contributed by atoms with Crippen LogP contribution in [0.4, 0.5) is 0 Å². The van der Waals surface area contributed by atoms with Gasteiger partial charge in [-0.1, -0.05) is 36.4 Å². The summed E-state index contributed by atoms with van der Waals surface area (Å²) in [5.74, 6) is -0.555. The molecular formula is C22H24ClNO5. The molecule has 154 valence electrons. The van der Waals surface area contributed by atoms with Gasteiger partial charge in [0.05, 0.1) is 28.3 Å².